The van der Waals surface area contributed by atoms with Gasteiger partial charge in [0.05, 0.1) is 46.1 Å². The van der Waals surface area contributed by atoms with Crippen molar-refractivity contribution in [2.45, 2.75) is 37.4 Å². The highest BCUT2D eigenvalue weighted by molar-refractivity contribution is 7.89. The molecule has 1 N–H and O–H groups in total. The lowest BCUT2D eigenvalue weighted by atomic mass is 9.91. The van der Waals surface area contributed by atoms with Crippen LogP contribution in [0.3, 0.4) is 0 Å². The number of nitrogens with zero attached hydrogens (tertiary/aromatic N) is 2. The maximum atomic E-state index is 13.8. The maximum Gasteiger partial charge on any atom is 0.390 e. The highest BCUT2D eigenvalue weighted by atomic mass is 35.5. The fraction of sp³-hybridized carbons (Fsp3) is 0.296. The Bertz CT molecular complexity index is 1750. The second-order valence-electron chi connectivity index (χ2n) is 9.78. The predicted molar refractivity (Wildman–Crippen MR) is 156 cm³/mol. The molecule has 0 aromatic heterocycles. The molecule has 0 radical (unpaired) electrons. The van der Waals surface area contributed by atoms with E-state index < -0.39 is 56.3 Å². The van der Waals surface area contributed by atoms with E-state index >= 15 is 0 Å². The highest BCUT2D eigenvalue weighted by Crippen LogP contribution is 2.42. The molecule has 1 aliphatic rings. The topological polar surface area (TPSA) is 105 Å². The lowest BCUT2D eigenvalue weighted by Crippen LogP contribution is -2.32. The number of hydrazone groups is 1. The third-order valence-electron chi connectivity index (χ3n) is 6.62. The Labute approximate surface area is 256 Å². The van der Waals surface area contributed by atoms with Gasteiger partial charge in [0.1, 0.15) is 11.6 Å². The molecule has 3 aromatic rings. The summed E-state index contributed by atoms with van der Waals surface area (Å²) in [6, 6.07) is 13.2. The fourth-order valence-corrected chi connectivity index (χ4v) is 7.16. The number of alkyl halides is 3. The number of hydrogen-bond acceptors (Lipinski definition) is 7. The first-order valence-electron chi connectivity index (χ1n) is 12.6. The Morgan fingerprint density at radius 1 is 1.00 bits per heavy atom. The summed E-state index contributed by atoms with van der Waals surface area (Å²) < 4.78 is 109. The molecule has 0 aliphatic carbocycles. The molecule has 1 unspecified atom stereocenters. The van der Waals surface area contributed by atoms with E-state index in [1.54, 1.807) is 31.0 Å². The van der Waals surface area contributed by atoms with Crippen LogP contribution in [0.2, 0.25) is 10.0 Å². The molecular formula is C27H25Cl2F4N3O5S2. The lowest BCUT2D eigenvalue weighted by molar-refractivity contribution is -0.130. The van der Waals surface area contributed by atoms with Gasteiger partial charge in [0.2, 0.25) is 10.0 Å². The van der Waals surface area contributed by atoms with Crippen LogP contribution in [-0.4, -0.2) is 41.0 Å². The number of sulfonamides is 1. The van der Waals surface area contributed by atoms with Gasteiger partial charge in [0.25, 0.3) is 0 Å². The molecule has 0 fully saturated rings. The van der Waals surface area contributed by atoms with E-state index in [-0.39, 0.29) is 22.2 Å². The van der Waals surface area contributed by atoms with Crippen LogP contribution in [0.15, 0.2) is 70.7 Å². The van der Waals surface area contributed by atoms with Crippen molar-refractivity contribution in [2.75, 3.05) is 17.3 Å². The van der Waals surface area contributed by atoms with Gasteiger partial charge in [0, 0.05) is 10.9 Å². The number of nitrogens with one attached hydrogen (secondary N) is 1. The summed E-state index contributed by atoms with van der Waals surface area (Å²) in [5.41, 5.74) is 1.78. The first-order chi connectivity index (χ1) is 20.0. The SMILES string of the molecule is Cc1ccc(F)cc1S(=O)(=O)NCC1=NN(c2ccc(Cl)cc2Cl)C(c2ccc(OS(=O)(=O)CCC(F)(F)F)cc2)[C@H]1C. The van der Waals surface area contributed by atoms with E-state index in [1.165, 1.54) is 36.4 Å². The van der Waals surface area contributed by atoms with Gasteiger partial charge in [-0.05, 0) is 60.5 Å². The summed E-state index contributed by atoms with van der Waals surface area (Å²) in [5.74, 6) is -2.57. The van der Waals surface area contributed by atoms with Gasteiger partial charge in [-0.1, -0.05) is 48.3 Å². The minimum absolute atomic E-state index is 0.188. The van der Waals surface area contributed by atoms with E-state index in [4.69, 9.17) is 27.4 Å². The Morgan fingerprint density at radius 3 is 2.30 bits per heavy atom. The van der Waals surface area contributed by atoms with Crippen LogP contribution in [0.25, 0.3) is 0 Å². The molecule has 3 aromatic carbocycles. The van der Waals surface area contributed by atoms with Crippen molar-refractivity contribution in [3.63, 3.8) is 0 Å². The van der Waals surface area contributed by atoms with Crippen molar-refractivity contribution in [3.8, 4) is 5.75 Å². The van der Waals surface area contributed by atoms with Crippen LogP contribution in [0.1, 0.15) is 30.5 Å². The lowest BCUT2D eigenvalue weighted by Gasteiger charge is -2.28. The molecule has 16 heteroatoms. The monoisotopic (exact) mass is 681 g/mol. The first-order valence-corrected chi connectivity index (χ1v) is 16.4. The Kier molecular flexibility index (Phi) is 9.67. The van der Waals surface area contributed by atoms with E-state index in [0.29, 0.717) is 27.5 Å². The zero-order chi connectivity index (χ0) is 31.7. The zero-order valence-corrected chi connectivity index (χ0v) is 25.7. The molecule has 2 atom stereocenters. The summed E-state index contributed by atoms with van der Waals surface area (Å²) >= 11 is 12.5. The van der Waals surface area contributed by atoms with Crippen LogP contribution < -0.4 is 13.9 Å². The molecule has 232 valence electrons. The smallest absolute Gasteiger partial charge is 0.382 e. The second-order valence-corrected chi connectivity index (χ2v) is 14.0. The molecule has 0 saturated heterocycles. The van der Waals surface area contributed by atoms with Gasteiger partial charge in [-0.15, -0.1) is 0 Å². The summed E-state index contributed by atoms with van der Waals surface area (Å²) in [4.78, 5) is -0.214. The third kappa shape index (κ3) is 8.18. The first kappa shape index (κ1) is 33.0. The van der Waals surface area contributed by atoms with Crippen LogP contribution in [0, 0.1) is 18.7 Å². The molecule has 1 heterocycles. The summed E-state index contributed by atoms with van der Waals surface area (Å²) in [6.07, 6.45) is -6.21. The van der Waals surface area contributed by atoms with Gasteiger partial charge in [0.15, 0.2) is 0 Å². The Balaban J connectivity index is 1.61. The molecule has 0 bridgehead atoms. The van der Waals surface area contributed by atoms with Crippen LogP contribution >= 0.6 is 23.2 Å². The van der Waals surface area contributed by atoms with Gasteiger partial charge in [-0.2, -0.15) is 26.7 Å². The Hall–Kier alpha value is -2.91. The second kappa shape index (κ2) is 12.6. The molecular weight excluding hydrogens is 657 g/mol. The standard InChI is InChI=1S/C27H25Cl2F4N3O5S2/c1-16-3-7-20(30)14-25(16)43(39,40)34-15-23-17(2)26(36(35-23)24-10-6-19(28)13-22(24)29)18-4-8-21(9-5-18)41-42(37,38)12-11-27(31,32)33/h3-10,13-14,17,26,34H,11-12,15H2,1-2H3/t17-,26?/m0/s1. The molecule has 0 spiro atoms. The average molecular weight is 683 g/mol. The van der Waals surface area contributed by atoms with E-state index in [2.05, 4.69) is 9.82 Å². The van der Waals surface area contributed by atoms with Gasteiger partial charge < -0.3 is 4.18 Å². The van der Waals surface area contributed by atoms with Crippen molar-refractivity contribution in [2.24, 2.45) is 11.0 Å². The van der Waals surface area contributed by atoms with E-state index in [1.807, 2.05) is 0 Å². The Morgan fingerprint density at radius 2 is 1.67 bits per heavy atom. The van der Waals surface area contributed by atoms with Gasteiger partial charge in [-0.3, -0.25) is 5.01 Å². The zero-order valence-electron chi connectivity index (χ0n) is 22.6. The summed E-state index contributed by atoms with van der Waals surface area (Å²) in [5, 5.41) is 6.83. The van der Waals surface area contributed by atoms with Crippen molar-refractivity contribution < 1.29 is 38.6 Å². The van der Waals surface area contributed by atoms with E-state index in [0.717, 1.165) is 12.1 Å². The van der Waals surface area contributed by atoms with E-state index in [9.17, 15) is 34.4 Å². The minimum atomic E-state index is -4.66. The van der Waals surface area contributed by atoms with Crippen LogP contribution in [0.4, 0.5) is 23.2 Å². The normalized spacial score (nSPS) is 17.7. The van der Waals surface area contributed by atoms with Crippen molar-refractivity contribution >= 4 is 54.7 Å². The molecule has 0 amide bonds. The molecule has 1 aliphatic heterocycles. The van der Waals surface area contributed by atoms with Crippen LogP contribution in [0.5, 0.6) is 5.75 Å². The van der Waals surface area contributed by atoms with Crippen molar-refractivity contribution in [1.82, 2.24) is 4.72 Å². The predicted octanol–water partition coefficient (Wildman–Crippen LogP) is 6.63. The minimum Gasteiger partial charge on any atom is -0.382 e. The average Bonchev–Trinajstić information content (AvgIpc) is 3.23. The highest BCUT2D eigenvalue weighted by Gasteiger charge is 2.38. The van der Waals surface area contributed by atoms with Crippen LogP contribution in [-0.2, 0) is 20.1 Å². The van der Waals surface area contributed by atoms with Gasteiger partial charge in [-0.25, -0.2) is 17.5 Å². The molecule has 0 saturated carbocycles. The number of hydrogen-bond donors (Lipinski definition) is 1. The molecule has 8 nitrogen and oxygen atoms in total. The number of aryl methyl sites for hydroxylation is 1. The largest absolute Gasteiger partial charge is 0.390 e. The van der Waals surface area contributed by atoms with Crippen molar-refractivity contribution in [3.05, 3.63) is 87.7 Å². The number of halogens is 6. The molecule has 43 heavy (non-hydrogen) atoms. The summed E-state index contributed by atoms with van der Waals surface area (Å²) in [6.45, 7) is 3.11. The maximum absolute atomic E-state index is 13.8. The fourth-order valence-electron chi connectivity index (χ4n) is 4.44. The molecule has 4 rings (SSSR count). The number of anilines is 1. The van der Waals surface area contributed by atoms with Gasteiger partial charge >= 0.3 is 16.3 Å². The number of benzene rings is 3. The summed E-state index contributed by atoms with van der Waals surface area (Å²) in [7, 11) is -8.62. The van der Waals surface area contributed by atoms with Crippen molar-refractivity contribution in [1.29, 1.82) is 0 Å². The number of rotatable bonds is 10. The quantitative estimate of drug-likeness (QED) is 0.190. The third-order valence-corrected chi connectivity index (χ3v) is 9.85.